The van der Waals surface area contributed by atoms with Gasteiger partial charge in [-0.2, -0.15) is 0 Å². The monoisotopic (exact) mass is 354 g/mol. The Balaban J connectivity index is 1.45. The van der Waals surface area contributed by atoms with Gasteiger partial charge in [-0.25, -0.2) is 4.98 Å². The van der Waals surface area contributed by atoms with Crippen LogP contribution in [0, 0.1) is 11.8 Å². The molecular weight excluding hydrogens is 332 g/mol. The fourth-order valence-corrected chi connectivity index (χ4v) is 3.97. The van der Waals surface area contributed by atoms with Gasteiger partial charge in [0.2, 0.25) is 5.91 Å². The molecule has 4 rings (SSSR count). The van der Waals surface area contributed by atoms with Crippen molar-refractivity contribution in [1.82, 2.24) is 19.9 Å². The number of aromatic amines is 1. The zero-order valence-electron chi connectivity index (χ0n) is 14.8. The number of esters is 1. The molecule has 2 atom stereocenters. The second-order valence-electron chi connectivity index (χ2n) is 6.99. The van der Waals surface area contributed by atoms with Crippen molar-refractivity contribution in [1.29, 1.82) is 0 Å². The number of rotatable bonds is 3. The molecule has 1 fully saturated rings. The van der Waals surface area contributed by atoms with Crippen LogP contribution in [0.2, 0.25) is 0 Å². The van der Waals surface area contributed by atoms with E-state index in [1.165, 1.54) is 7.11 Å². The number of carbonyl (C=O) groups is 2. The van der Waals surface area contributed by atoms with Gasteiger partial charge in [0.05, 0.1) is 31.0 Å². The van der Waals surface area contributed by atoms with Gasteiger partial charge in [0.1, 0.15) is 5.82 Å². The second-order valence-corrected chi connectivity index (χ2v) is 6.99. The second kappa shape index (κ2) is 6.90. The van der Waals surface area contributed by atoms with Crippen LogP contribution >= 0.6 is 0 Å². The third kappa shape index (κ3) is 3.09. The largest absolute Gasteiger partial charge is 0.469 e. The first-order valence-corrected chi connectivity index (χ1v) is 9.00. The van der Waals surface area contributed by atoms with Gasteiger partial charge < -0.3 is 14.6 Å². The van der Waals surface area contributed by atoms with Crippen molar-refractivity contribution < 1.29 is 14.3 Å². The van der Waals surface area contributed by atoms with E-state index < -0.39 is 0 Å². The molecule has 26 heavy (non-hydrogen) atoms. The number of aromatic nitrogens is 3. The summed E-state index contributed by atoms with van der Waals surface area (Å²) < 4.78 is 4.82. The van der Waals surface area contributed by atoms with Crippen LogP contribution in [0.1, 0.15) is 30.7 Å². The number of imidazole rings is 1. The van der Waals surface area contributed by atoms with Crippen molar-refractivity contribution in [2.24, 2.45) is 11.8 Å². The molecule has 0 spiro atoms. The Morgan fingerprint density at radius 3 is 2.92 bits per heavy atom. The van der Waals surface area contributed by atoms with Crippen molar-refractivity contribution in [3.05, 3.63) is 35.9 Å². The van der Waals surface area contributed by atoms with E-state index in [1.807, 2.05) is 17.0 Å². The van der Waals surface area contributed by atoms with Gasteiger partial charge in [0, 0.05) is 36.8 Å². The summed E-state index contributed by atoms with van der Waals surface area (Å²) in [5.41, 5.74) is 2.95. The average molecular weight is 354 g/mol. The van der Waals surface area contributed by atoms with E-state index in [9.17, 15) is 9.59 Å². The summed E-state index contributed by atoms with van der Waals surface area (Å²) in [6, 6.07) is 3.84. The maximum absolute atomic E-state index is 12.9. The molecule has 7 heteroatoms. The predicted octanol–water partition coefficient (Wildman–Crippen LogP) is 1.95. The van der Waals surface area contributed by atoms with Crippen molar-refractivity contribution in [3.8, 4) is 11.4 Å². The summed E-state index contributed by atoms with van der Waals surface area (Å²) in [6.45, 7) is 1.21. The number of hydrogen-bond donors (Lipinski definition) is 1. The van der Waals surface area contributed by atoms with Crippen LogP contribution in [-0.4, -0.2) is 45.4 Å². The smallest absolute Gasteiger partial charge is 0.308 e. The third-order valence-electron chi connectivity index (χ3n) is 5.39. The maximum Gasteiger partial charge on any atom is 0.308 e. The summed E-state index contributed by atoms with van der Waals surface area (Å²) >= 11 is 0. The van der Waals surface area contributed by atoms with E-state index in [1.54, 1.807) is 12.4 Å². The number of nitrogens with zero attached hydrogens (tertiary/aromatic N) is 3. The standard InChI is InChI=1S/C19H22N4O3/c1-26-19(25)13-5-4-12(9-13)18(24)23-8-6-15-16(11-23)22-17(21-15)14-3-2-7-20-10-14/h2-3,7,10,12-13H,4-6,8-9,11H2,1H3,(H,21,22)/t12-,13+/m1/s1. The molecule has 7 nitrogen and oxygen atoms in total. The lowest BCUT2D eigenvalue weighted by atomic mass is 10.0. The molecule has 2 aromatic heterocycles. The molecule has 136 valence electrons. The minimum absolute atomic E-state index is 0.0821. The van der Waals surface area contributed by atoms with Gasteiger partial charge in [0.15, 0.2) is 0 Å². The van der Waals surface area contributed by atoms with E-state index in [0.29, 0.717) is 19.5 Å². The molecular formula is C19H22N4O3. The molecule has 1 amide bonds. The number of H-pyrrole nitrogens is 1. The maximum atomic E-state index is 12.9. The molecule has 0 aromatic carbocycles. The summed E-state index contributed by atoms with van der Waals surface area (Å²) in [6.07, 6.45) is 6.33. The Hall–Kier alpha value is -2.70. The van der Waals surface area contributed by atoms with Crippen LogP contribution < -0.4 is 0 Å². The molecule has 0 unspecified atom stereocenters. The number of hydrogen-bond acceptors (Lipinski definition) is 5. The van der Waals surface area contributed by atoms with Gasteiger partial charge in [-0.3, -0.25) is 14.6 Å². The van der Waals surface area contributed by atoms with Gasteiger partial charge in [-0.05, 0) is 31.4 Å². The number of methoxy groups -OCH3 is 1. The number of nitrogens with one attached hydrogen (secondary N) is 1. The molecule has 1 saturated carbocycles. The van der Waals surface area contributed by atoms with Crippen LogP contribution in [0.3, 0.4) is 0 Å². The number of amides is 1. The highest BCUT2D eigenvalue weighted by Crippen LogP contribution is 2.34. The minimum Gasteiger partial charge on any atom is -0.469 e. The lowest BCUT2D eigenvalue weighted by Gasteiger charge is -2.28. The van der Waals surface area contributed by atoms with E-state index in [0.717, 1.165) is 42.0 Å². The summed E-state index contributed by atoms with van der Waals surface area (Å²) in [5.74, 6) is 0.513. The van der Waals surface area contributed by atoms with Gasteiger partial charge in [-0.1, -0.05) is 0 Å². The van der Waals surface area contributed by atoms with Crippen molar-refractivity contribution >= 4 is 11.9 Å². The Morgan fingerprint density at radius 2 is 2.15 bits per heavy atom. The minimum atomic E-state index is -0.198. The van der Waals surface area contributed by atoms with Crippen LogP contribution in [0.5, 0.6) is 0 Å². The van der Waals surface area contributed by atoms with Crippen LogP contribution in [-0.2, 0) is 27.3 Å². The van der Waals surface area contributed by atoms with Gasteiger partial charge in [0.25, 0.3) is 0 Å². The molecule has 0 bridgehead atoms. The fraction of sp³-hybridized carbons (Fsp3) is 0.474. The summed E-state index contributed by atoms with van der Waals surface area (Å²) in [5, 5.41) is 0. The third-order valence-corrected chi connectivity index (χ3v) is 5.39. The van der Waals surface area contributed by atoms with Crippen molar-refractivity contribution in [2.45, 2.75) is 32.2 Å². The Morgan fingerprint density at radius 1 is 1.31 bits per heavy atom. The first-order valence-electron chi connectivity index (χ1n) is 9.00. The molecule has 1 N–H and O–H groups in total. The SMILES string of the molecule is COC(=O)[C@H]1CC[C@@H](C(=O)N2CCc3nc(-c4cccnc4)[nH]c3C2)C1. The average Bonchev–Trinajstić information content (AvgIpc) is 3.34. The quantitative estimate of drug-likeness (QED) is 0.851. The first kappa shape index (κ1) is 16.8. The highest BCUT2D eigenvalue weighted by atomic mass is 16.5. The zero-order chi connectivity index (χ0) is 18.1. The predicted molar refractivity (Wildman–Crippen MR) is 93.8 cm³/mol. The summed E-state index contributed by atoms with van der Waals surface area (Å²) in [7, 11) is 1.40. The van der Waals surface area contributed by atoms with Gasteiger partial charge in [-0.15, -0.1) is 0 Å². The van der Waals surface area contributed by atoms with E-state index in [2.05, 4.69) is 15.0 Å². The first-order chi connectivity index (χ1) is 12.7. The Bertz CT molecular complexity index is 817. The fourth-order valence-electron chi connectivity index (χ4n) is 3.97. The molecule has 3 heterocycles. The normalized spacial score (nSPS) is 22.1. The Labute approximate surface area is 151 Å². The number of fused-ring (bicyclic) bond motifs is 1. The zero-order valence-corrected chi connectivity index (χ0v) is 14.8. The Kier molecular flexibility index (Phi) is 4.44. The van der Waals surface area contributed by atoms with Crippen molar-refractivity contribution in [2.75, 3.05) is 13.7 Å². The number of ether oxygens (including phenoxy) is 1. The highest BCUT2D eigenvalue weighted by molar-refractivity contribution is 5.81. The van der Waals surface area contributed by atoms with E-state index in [-0.39, 0.29) is 23.7 Å². The number of pyridine rings is 1. The lowest BCUT2D eigenvalue weighted by Crippen LogP contribution is -2.39. The summed E-state index contributed by atoms with van der Waals surface area (Å²) in [4.78, 5) is 38.6. The molecule has 1 aliphatic heterocycles. The lowest BCUT2D eigenvalue weighted by molar-refractivity contribution is -0.145. The molecule has 2 aromatic rings. The topological polar surface area (TPSA) is 88.2 Å². The molecule has 0 saturated heterocycles. The van der Waals surface area contributed by atoms with Crippen molar-refractivity contribution in [3.63, 3.8) is 0 Å². The van der Waals surface area contributed by atoms with Crippen LogP contribution in [0.25, 0.3) is 11.4 Å². The van der Waals surface area contributed by atoms with E-state index in [4.69, 9.17) is 4.74 Å². The highest BCUT2D eigenvalue weighted by Gasteiger charge is 2.37. The molecule has 0 radical (unpaired) electrons. The van der Waals surface area contributed by atoms with Gasteiger partial charge >= 0.3 is 5.97 Å². The number of carbonyl (C=O) groups excluding carboxylic acids is 2. The van der Waals surface area contributed by atoms with Crippen LogP contribution in [0.4, 0.5) is 0 Å². The molecule has 1 aliphatic carbocycles. The van der Waals surface area contributed by atoms with E-state index >= 15 is 0 Å². The molecule has 2 aliphatic rings. The van der Waals surface area contributed by atoms with Crippen LogP contribution in [0.15, 0.2) is 24.5 Å².